The zero-order chi connectivity index (χ0) is 10.2. The fourth-order valence-electron chi connectivity index (χ4n) is 0.924. The van der Waals surface area contributed by atoms with Crippen molar-refractivity contribution in [2.24, 2.45) is 0 Å². The number of nitrogens with two attached hydrogens (primary N) is 1. The van der Waals surface area contributed by atoms with Crippen LogP contribution in [0.4, 0.5) is 11.4 Å². The van der Waals surface area contributed by atoms with E-state index >= 15 is 0 Å². The fraction of sp³-hybridized carbons (Fsp3) is 0.143. The van der Waals surface area contributed by atoms with Gasteiger partial charge in [0, 0.05) is 11.6 Å². The number of nitro benzene ring substituents is 1. The summed E-state index contributed by atoms with van der Waals surface area (Å²) in [6.07, 6.45) is 0. The second-order valence-electron chi connectivity index (χ2n) is 2.53. The summed E-state index contributed by atoms with van der Waals surface area (Å²) >= 11 is 5.61. The number of benzene rings is 1. The summed E-state index contributed by atoms with van der Waals surface area (Å²) in [7, 11) is 0. The van der Waals surface area contributed by atoms with Crippen LogP contribution in [-0.2, 0) is 0 Å². The van der Waals surface area contributed by atoms with Crippen molar-refractivity contribution in [3.05, 3.63) is 26.8 Å². The molecule has 0 aliphatic carbocycles. The van der Waals surface area contributed by atoms with Crippen molar-refractivity contribution in [3.8, 4) is 5.75 Å². The van der Waals surface area contributed by atoms with Crippen molar-refractivity contribution in [3.63, 3.8) is 0 Å². The van der Waals surface area contributed by atoms with E-state index in [1.54, 1.807) is 0 Å². The maximum absolute atomic E-state index is 10.4. The molecule has 70 valence electrons. The van der Waals surface area contributed by atoms with Gasteiger partial charge in [-0.05, 0) is 6.92 Å². The van der Waals surface area contributed by atoms with Gasteiger partial charge in [0.05, 0.1) is 10.6 Å². The number of nitrogens with zero attached hydrogens (tertiary/aromatic N) is 1. The third-order valence-electron chi connectivity index (χ3n) is 1.67. The van der Waals surface area contributed by atoms with Gasteiger partial charge in [-0.25, -0.2) is 0 Å². The first kappa shape index (κ1) is 9.60. The van der Waals surface area contributed by atoms with Crippen molar-refractivity contribution in [2.75, 3.05) is 5.73 Å². The van der Waals surface area contributed by atoms with Gasteiger partial charge in [-0.2, -0.15) is 0 Å². The van der Waals surface area contributed by atoms with Crippen molar-refractivity contribution in [2.45, 2.75) is 6.92 Å². The Bertz CT molecular complexity index is 378. The molecule has 0 spiro atoms. The smallest absolute Gasteiger partial charge is 0.290 e. The molecule has 0 bridgehead atoms. The van der Waals surface area contributed by atoms with Crippen LogP contribution >= 0.6 is 11.6 Å². The number of nitro groups is 1. The van der Waals surface area contributed by atoms with E-state index in [1.807, 2.05) is 0 Å². The Balaban J connectivity index is 3.50. The van der Waals surface area contributed by atoms with E-state index in [0.717, 1.165) is 6.07 Å². The predicted molar refractivity (Wildman–Crippen MR) is 48.9 cm³/mol. The maximum Gasteiger partial charge on any atom is 0.290 e. The Labute approximate surface area is 78.9 Å². The van der Waals surface area contributed by atoms with Crippen LogP contribution in [0.5, 0.6) is 5.75 Å². The molecule has 5 nitrogen and oxygen atoms in total. The highest BCUT2D eigenvalue weighted by molar-refractivity contribution is 6.33. The lowest BCUT2D eigenvalue weighted by Gasteiger charge is -2.04. The summed E-state index contributed by atoms with van der Waals surface area (Å²) in [5.74, 6) is -0.212. The number of phenols is 1. The SMILES string of the molecule is Cc1c(O)c(N)cc([N+](=O)[O-])c1Cl. The molecule has 0 aromatic heterocycles. The molecule has 0 atom stereocenters. The molecule has 0 aliphatic heterocycles. The molecule has 1 aromatic rings. The largest absolute Gasteiger partial charge is 0.505 e. The zero-order valence-electron chi connectivity index (χ0n) is 6.74. The van der Waals surface area contributed by atoms with Crippen LogP contribution in [0, 0.1) is 17.0 Å². The number of aromatic hydroxyl groups is 1. The molecule has 1 rings (SSSR count). The van der Waals surface area contributed by atoms with Crippen molar-refractivity contribution < 1.29 is 10.0 Å². The lowest BCUT2D eigenvalue weighted by Crippen LogP contribution is -1.95. The molecule has 3 N–H and O–H groups in total. The summed E-state index contributed by atoms with van der Waals surface area (Å²) in [6.45, 7) is 1.46. The van der Waals surface area contributed by atoms with E-state index in [2.05, 4.69) is 0 Å². The average Bonchev–Trinajstić information content (AvgIpc) is 2.07. The van der Waals surface area contributed by atoms with E-state index in [0.29, 0.717) is 0 Å². The minimum atomic E-state index is -0.648. The molecule has 6 heteroatoms. The number of nitrogen functional groups attached to an aromatic ring is 1. The Kier molecular flexibility index (Phi) is 2.29. The minimum Gasteiger partial charge on any atom is -0.505 e. The molecule has 0 radical (unpaired) electrons. The van der Waals surface area contributed by atoms with Crippen molar-refractivity contribution in [1.29, 1.82) is 0 Å². The monoisotopic (exact) mass is 202 g/mol. The third kappa shape index (κ3) is 1.50. The number of phenolic OH excluding ortho intramolecular Hbond substituents is 1. The zero-order valence-corrected chi connectivity index (χ0v) is 7.50. The van der Waals surface area contributed by atoms with Gasteiger partial charge in [0.1, 0.15) is 10.8 Å². The Morgan fingerprint density at radius 3 is 2.69 bits per heavy atom. The quantitative estimate of drug-likeness (QED) is 0.315. The second kappa shape index (κ2) is 3.10. The Morgan fingerprint density at radius 2 is 2.23 bits per heavy atom. The molecule has 0 aliphatic rings. The van der Waals surface area contributed by atoms with E-state index in [9.17, 15) is 15.2 Å². The van der Waals surface area contributed by atoms with Crippen molar-refractivity contribution >= 4 is 23.0 Å². The highest BCUT2D eigenvalue weighted by atomic mass is 35.5. The van der Waals surface area contributed by atoms with Crippen molar-refractivity contribution in [1.82, 2.24) is 0 Å². The van der Waals surface area contributed by atoms with Crippen LogP contribution in [0.1, 0.15) is 5.56 Å². The molecule has 0 saturated carbocycles. The standard InChI is InChI=1S/C7H7ClN2O3/c1-3-6(8)5(10(12)13)2-4(9)7(3)11/h2,11H,9H2,1H3. The molecule has 0 saturated heterocycles. The Morgan fingerprint density at radius 1 is 1.69 bits per heavy atom. The first-order valence-corrected chi connectivity index (χ1v) is 3.75. The van der Waals surface area contributed by atoms with Gasteiger partial charge in [0.15, 0.2) is 0 Å². The number of hydrogen-bond acceptors (Lipinski definition) is 4. The first-order valence-electron chi connectivity index (χ1n) is 3.37. The molecule has 0 unspecified atom stereocenters. The van der Waals surface area contributed by atoms with Gasteiger partial charge in [0.2, 0.25) is 0 Å². The topological polar surface area (TPSA) is 89.4 Å². The minimum absolute atomic E-state index is 0.0476. The van der Waals surface area contributed by atoms with Gasteiger partial charge < -0.3 is 10.8 Å². The fourth-order valence-corrected chi connectivity index (χ4v) is 1.14. The van der Waals surface area contributed by atoms with Crippen LogP contribution in [0.2, 0.25) is 5.02 Å². The van der Waals surface area contributed by atoms with Gasteiger partial charge in [-0.1, -0.05) is 11.6 Å². The van der Waals surface area contributed by atoms with Gasteiger partial charge in [-0.15, -0.1) is 0 Å². The molecule has 0 amide bonds. The molecular formula is C7H7ClN2O3. The molecule has 0 heterocycles. The number of rotatable bonds is 1. The van der Waals surface area contributed by atoms with Crippen LogP contribution in [0.3, 0.4) is 0 Å². The van der Waals surface area contributed by atoms with Gasteiger partial charge >= 0.3 is 0 Å². The predicted octanol–water partition coefficient (Wildman–Crippen LogP) is 1.84. The summed E-state index contributed by atoms with van der Waals surface area (Å²) in [5, 5.41) is 19.6. The molecular weight excluding hydrogens is 196 g/mol. The molecule has 0 fully saturated rings. The lowest BCUT2D eigenvalue weighted by molar-refractivity contribution is -0.384. The second-order valence-corrected chi connectivity index (χ2v) is 2.91. The summed E-state index contributed by atoms with van der Waals surface area (Å²) in [6, 6.07) is 1.03. The average molecular weight is 203 g/mol. The van der Waals surface area contributed by atoms with Gasteiger partial charge in [-0.3, -0.25) is 10.1 Å². The van der Waals surface area contributed by atoms with Gasteiger partial charge in [0.25, 0.3) is 5.69 Å². The van der Waals surface area contributed by atoms with E-state index in [1.165, 1.54) is 6.92 Å². The Hall–Kier alpha value is -1.49. The van der Waals surface area contributed by atoms with E-state index in [4.69, 9.17) is 17.3 Å². The van der Waals surface area contributed by atoms with E-state index in [-0.39, 0.29) is 27.7 Å². The lowest BCUT2D eigenvalue weighted by atomic mass is 10.1. The van der Waals surface area contributed by atoms with Crippen LogP contribution in [0.25, 0.3) is 0 Å². The van der Waals surface area contributed by atoms with Crippen LogP contribution in [-0.4, -0.2) is 10.0 Å². The van der Waals surface area contributed by atoms with E-state index < -0.39 is 4.92 Å². The van der Waals surface area contributed by atoms with Crippen LogP contribution in [0.15, 0.2) is 6.07 Å². The summed E-state index contributed by atoms with van der Waals surface area (Å²) in [5.41, 5.74) is 5.19. The normalized spacial score (nSPS) is 10.0. The molecule has 13 heavy (non-hydrogen) atoms. The number of halogens is 1. The number of anilines is 1. The highest BCUT2D eigenvalue weighted by Gasteiger charge is 2.19. The third-order valence-corrected chi connectivity index (χ3v) is 2.15. The summed E-state index contributed by atoms with van der Waals surface area (Å²) < 4.78 is 0. The summed E-state index contributed by atoms with van der Waals surface area (Å²) in [4.78, 5) is 9.77. The maximum atomic E-state index is 10.4. The highest BCUT2D eigenvalue weighted by Crippen LogP contribution is 2.37. The number of hydrogen-bond donors (Lipinski definition) is 2. The van der Waals surface area contributed by atoms with Crippen LogP contribution < -0.4 is 5.73 Å². The molecule has 1 aromatic carbocycles. The first-order chi connectivity index (χ1) is 5.95.